The van der Waals surface area contributed by atoms with Crippen LogP contribution in [-0.4, -0.2) is 8.42 Å². The highest BCUT2D eigenvalue weighted by Gasteiger charge is 2.09. The zero-order valence-corrected chi connectivity index (χ0v) is 12.1. The fourth-order valence-corrected chi connectivity index (χ4v) is 2.26. The van der Waals surface area contributed by atoms with Crippen LogP contribution in [0.25, 0.3) is 5.70 Å². The van der Waals surface area contributed by atoms with Gasteiger partial charge < -0.3 is 0 Å². The number of nitrogens with two attached hydrogens (primary N) is 1. The van der Waals surface area contributed by atoms with Gasteiger partial charge in [-0.25, -0.2) is 13.6 Å². The zero-order chi connectivity index (χ0) is 15.3. The number of sulfonamides is 1. The van der Waals surface area contributed by atoms with Crippen molar-refractivity contribution in [3.63, 3.8) is 0 Å². The normalized spacial score (nSPS) is 11.1. The van der Waals surface area contributed by atoms with Crippen LogP contribution in [0.1, 0.15) is 11.1 Å². The van der Waals surface area contributed by atoms with E-state index in [1.807, 2.05) is 30.3 Å². The predicted octanol–water partition coefficient (Wildman–Crippen LogP) is 2.03. The standard InChI is InChI=1S/C15H16N2O3S/c1-12(17-20-11-13-6-3-2-4-7-13)14-8-5-9-15(10-14)21(16,18)19/h2-10,17H,1,11H2,(H2,16,18,19). The average Bonchev–Trinajstić information content (AvgIpc) is 2.47. The van der Waals surface area contributed by atoms with Crippen LogP contribution in [0.2, 0.25) is 0 Å². The van der Waals surface area contributed by atoms with Gasteiger partial charge in [0.1, 0.15) is 0 Å². The second-order valence-corrected chi connectivity index (χ2v) is 5.99. The molecular formula is C15H16N2O3S. The molecule has 0 bridgehead atoms. The summed E-state index contributed by atoms with van der Waals surface area (Å²) in [7, 11) is -3.73. The first-order valence-electron chi connectivity index (χ1n) is 6.21. The average molecular weight is 304 g/mol. The van der Waals surface area contributed by atoms with Gasteiger partial charge in [0.25, 0.3) is 0 Å². The van der Waals surface area contributed by atoms with Crippen LogP contribution in [0.5, 0.6) is 0 Å². The van der Waals surface area contributed by atoms with Crippen molar-refractivity contribution < 1.29 is 13.3 Å². The highest BCUT2D eigenvalue weighted by atomic mass is 32.2. The van der Waals surface area contributed by atoms with Gasteiger partial charge in [-0.15, -0.1) is 0 Å². The Labute approximate surface area is 124 Å². The van der Waals surface area contributed by atoms with Gasteiger partial charge in [-0.05, 0) is 17.7 Å². The molecule has 3 N–H and O–H groups in total. The molecule has 0 aliphatic rings. The van der Waals surface area contributed by atoms with Crippen LogP contribution in [0.15, 0.2) is 66.1 Å². The van der Waals surface area contributed by atoms with Crippen LogP contribution in [0.4, 0.5) is 0 Å². The molecule has 110 valence electrons. The quantitative estimate of drug-likeness (QED) is 0.800. The summed E-state index contributed by atoms with van der Waals surface area (Å²) in [6.45, 7) is 4.18. The first kappa shape index (κ1) is 15.2. The summed E-state index contributed by atoms with van der Waals surface area (Å²) in [5.74, 6) is 0. The number of nitrogens with one attached hydrogen (secondary N) is 1. The van der Waals surface area contributed by atoms with Crippen molar-refractivity contribution in [3.8, 4) is 0 Å². The molecule has 0 aliphatic heterocycles. The Balaban J connectivity index is 1.98. The summed E-state index contributed by atoms with van der Waals surface area (Å²) in [5.41, 5.74) is 4.75. The number of primary sulfonamides is 1. The third-order valence-electron chi connectivity index (χ3n) is 2.79. The largest absolute Gasteiger partial charge is 0.271 e. The van der Waals surface area contributed by atoms with Crippen LogP contribution < -0.4 is 10.6 Å². The molecule has 0 unspecified atom stereocenters. The van der Waals surface area contributed by atoms with Crippen molar-refractivity contribution >= 4 is 15.7 Å². The van der Waals surface area contributed by atoms with Gasteiger partial charge in [-0.2, -0.15) is 0 Å². The van der Waals surface area contributed by atoms with E-state index >= 15 is 0 Å². The van der Waals surface area contributed by atoms with Gasteiger partial charge in [0.05, 0.1) is 17.2 Å². The minimum absolute atomic E-state index is 0.0333. The molecule has 0 fully saturated rings. The van der Waals surface area contributed by atoms with Crippen molar-refractivity contribution in [2.24, 2.45) is 5.14 Å². The molecule has 6 heteroatoms. The Hall–Kier alpha value is -2.15. The van der Waals surface area contributed by atoms with Crippen molar-refractivity contribution in [2.45, 2.75) is 11.5 Å². The van der Waals surface area contributed by atoms with Crippen LogP contribution in [-0.2, 0) is 21.5 Å². The first-order valence-corrected chi connectivity index (χ1v) is 7.75. The van der Waals surface area contributed by atoms with E-state index in [-0.39, 0.29) is 4.90 Å². The number of hydrogen-bond donors (Lipinski definition) is 2. The number of hydrogen-bond acceptors (Lipinski definition) is 4. The molecule has 21 heavy (non-hydrogen) atoms. The van der Waals surface area contributed by atoms with Crippen LogP contribution in [0, 0.1) is 0 Å². The molecule has 0 saturated carbocycles. The molecule has 0 radical (unpaired) electrons. The maximum Gasteiger partial charge on any atom is 0.238 e. The van der Waals surface area contributed by atoms with E-state index in [0.717, 1.165) is 5.56 Å². The molecule has 2 rings (SSSR count). The highest BCUT2D eigenvalue weighted by molar-refractivity contribution is 7.89. The van der Waals surface area contributed by atoms with E-state index in [0.29, 0.717) is 17.9 Å². The van der Waals surface area contributed by atoms with E-state index in [2.05, 4.69) is 12.1 Å². The summed E-state index contributed by atoms with van der Waals surface area (Å²) in [5, 5.41) is 5.09. The van der Waals surface area contributed by atoms with E-state index in [4.69, 9.17) is 9.98 Å². The van der Waals surface area contributed by atoms with Crippen molar-refractivity contribution in [2.75, 3.05) is 0 Å². The molecule has 0 amide bonds. The Bertz CT molecular complexity index is 728. The molecule has 0 heterocycles. The van der Waals surface area contributed by atoms with E-state index < -0.39 is 10.0 Å². The molecule has 0 saturated heterocycles. The molecule has 5 nitrogen and oxygen atoms in total. The Kier molecular flexibility index (Phi) is 4.74. The highest BCUT2D eigenvalue weighted by Crippen LogP contribution is 2.15. The van der Waals surface area contributed by atoms with Gasteiger partial charge in [-0.3, -0.25) is 10.3 Å². The van der Waals surface area contributed by atoms with Gasteiger partial charge in [0.2, 0.25) is 10.0 Å². The van der Waals surface area contributed by atoms with Crippen molar-refractivity contribution in [1.29, 1.82) is 0 Å². The molecule has 2 aromatic rings. The van der Waals surface area contributed by atoms with Crippen LogP contribution in [0.3, 0.4) is 0 Å². The molecule has 0 aliphatic carbocycles. The lowest BCUT2D eigenvalue weighted by Crippen LogP contribution is -2.14. The van der Waals surface area contributed by atoms with Gasteiger partial charge in [0.15, 0.2) is 0 Å². The lowest BCUT2D eigenvalue weighted by atomic mass is 10.2. The number of hydroxylamine groups is 1. The summed E-state index contributed by atoms with van der Waals surface area (Å²) >= 11 is 0. The van der Waals surface area contributed by atoms with E-state index in [9.17, 15) is 8.42 Å². The number of rotatable bonds is 6. The Morgan fingerprint density at radius 3 is 2.52 bits per heavy atom. The SMILES string of the molecule is C=C(NOCc1ccccc1)c1cccc(S(N)(=O)=O)c1. The van der Waals surface area contributed by atoms with Crippen molar-refractivity contribution in [1.82, 2.24) is 5.48 Å². The summed E-state index contributed by atoms with van der Waals surface area (Å²) < 4.78 is 22.6. The smallest absolute Gasteiger partial charge is 0.238 e. The topological polar surface area (TPSA) is 81.4 Å². The van der Waals surface area contributed by atoms with Gasteiger partial charge in [-0.1, -0.05) is 49.0 Å². The van der Waals surface area contributed by atoms with Gasteiger partial charge in [0, 0.05) is 5.56 Å². The maximum absolute atomic E-state index is 11.3. The molecule has 0 spiro atoms. The summed E-state index contributed by atoms with van der Waals surface area (Å²) in [4.78, 5) is 5.36. The summed E-state index contributed by atoms with van der Waals surface area (Å²) in [6, 6.07) is 15.8. The second kappa shape index (κ2) is 6.53. The molecule has 0 aromatic heterocycles. The Morgan fingerprint density at radius 2 is 1.86 bits per heavy atom. The molecule has 0 atom stereocenters. The van der Waals surface area contributed by atoms with Crippen molar-refractivity contribution in [3.05, 3.63) is 72.3 Å². The predicted molar refractivity (Wildman–Crippen MR) is 81.2 cm³/mol. The lowest BCUT2D eigenvalue weighted by Gasteiger charge is -2.10. The summed E-state index contributed by atoms with van der Waals surface area (Å²) in [6.07, 6.45) is 0. The van der Waals surface area contributed by atoms with Crippen LogP contribution >= 0.6 is 0 Å². The monoisotopic (exact) mass is 304 g/mol. The van der Waals surface area contributed by atoms with Gasteiger partial charge >= 0.3 is 0 Å². The third kappa shape index (κ3) is 4.42. The maximum atomic E-state index is 11.3. The van der Waals surface area contributed by atoms with E-state index in [1.165, 1.54) is 12.1 Å². The van der Waals surface area contributed by atoms with E-state index in [1.54, 1.807) is 12.1 Å². The Morgan fingerprint density at radius 1 is 1.14 bits per heavy atom. The first-order chi connectivity index (χ1) is 9.97. The molecule has 2 aromatic carbocycles. The second-order valence-electron chi connectivity index (χ2n) is 4.43. The minimum atomic E-state index is -3.73. The fraction of sp³-hybridized carbons (Fsp3) is 0.0667. The zero-order valence-electron chi connectivity index (χ0n) is 11.3. The third-order valence-corrected chi connectivity index (χ3v) is 3.70. The number of benzene rings is 2. The fourth-order valence-electron chi connectivity index (χ4n) is 1.70. The molecular weight excluding hydrogens is 288 g/mol. The minimum Gasteiger partial charge on any atom is -0.271 e. The lowest BCUT2D eigenvalue weighted by molar-refractivity contribution is 0.0648.